The standard InChI is InChI=1S/C26H29F3N2O5/c27-26(28,29)18-6-1-17(2-7-18)15-36-20-8-3-16(4-9-20)5-10-24(32)35-12-11-21-22(25(33)34)13-19(30)14-23(21)31/h3-5,8-10,13-14,17-18H,1-2,6-7,11-12,15,30-31H2,(H,33,34). The molecule has 36 heavy (non-hydrogen) atoms. The molecule has 1 aliphatic rings. The van der Waals surface area contributed by atoms with Crippen molar-refractivity contribution >= 4 is 29.4 Å². The molecule has 0 heterocycles. The highest BCUT2D eigenvalue weighted by Crippen LogP contribution is 2.39. The summed E-state index contributed by atoms with van der Waals surface area (Å²) in [5, 5.41) is 9.31. The fourth-order valence-electron chi connectivity index (χ4n) is 4.20. The van der Waals surface area contributed by atoms with Gasteiger partial charge in [0.05, 0.1) is 24.7 Å². The number of aromatic carboxylic acids is 1. The van der Waals surface area contributed by atoms with E-state index in [1.807, 2.05) is 0 Å². The Morgan fingerprint density at radius 1 is 1.06 bits per heavy atom. The number of alkyl halides is 3. The largest absolute Gasteiger partial charge is 0.493 e. The molecule has 0 unspecified atom stereocenters. The molecule has 0 radical (unpaired) electrons. The Labute approximate surface area is 206 Å². The van der Waals surface area contributed by atoms with Gasteiger partial charge in [0.2, 0.25) is 0 Å². The van der Waals surface area contributed by atoms with Crippen LogP contribution in [0.5, 0.6) is 5.75 Å². The van der Waals surface area contributed by atoms with E-state index in [0.29, 0.717) is 30.8 Å². The van der Waals surface area contributed by atoms with Crippen molar-refractivity contribution in [1.82, 2.24) is 0 Å². The number of nitrogen functional groups attached to an aromatic ring is 2. The van der Waals surface area contributed by atoms with E-state index in [-0.39, 0.29) is 48.7 Å². The van der Waals surface area contributed by atoms with Crippen molar-refractivity contribution in [2.24, 2.45) is 11.8 Å². The minimum absolute atomic E-state index is 0.0320. The van der Waals surface area contributed by atoms with Gasteiger partial charge >= 0.3 is 18.1 Å². The van der Waals surface area contributed by atoms with Gasteiger partial charge in [0.15, 0.2) is 0 Å². The topological polar surface area (TPSA) is 125 Å². The predicted octanol–water partition coefficient (Wildman–Crippen LogP) is 5.10. The van der Waals surface area contributed by atoms with Gasteiger partial charge in [0.1, 0.15) is 5.75 Å². The molecule has 10 heteroatoms. The maximum Gasteiger partial charge on any atom is 0.391 e. The normalized spacial score (nSPS) is 18.2. The van der Waals surface area contributed by atoms with E-state index in [4.69, 9.17) is 20.9 Å². The van der Waals surface area contributed by atoms with Crippen molar-refractivity contribution in [3.05, 3.63) is 59.2 Å². The molecule has 2 aromatic rings. The van der Waals surface area contributed by atoms with Crippen LogP contribution in [0.2, 0.25) is 0 Å². The molecule has 2 aromatic carbocycles. The lowest BCUT2D eigenvalue weighted by atomic mass is 9.82. The number of hydrogen-bond donors (Lipinski definition) is 3. The summed E-state index contributed by atoms with van der Waals surface area (Å²) < 4.78 is 49.2. The molecular weight excluding hydrogens is 477 g/mol. The average molecular weight is 507 g/mol. The highest BCUT2D eigenvalue weighted by atomic mass is 19.4. The predicted molar refractivity (Wildman–Crippen MR) is 129 cm³/mol. The van der Waals surface area contributed by atoms with E-state index in [1.165, 1.54) is 18.2 Å². The molecule has 0 atom stereocenters. The Kier molecular flexibility index (Phi) is 8.84. The third-order valence-corrected chi connectivity index (χ3v) is 6.22. The summed E-state index contributed by atoms with van der Waals surface area (Å²) in [5.74, 6) is -2.27. The summed E-state index contributed by atoms with van der Waals surface area (Å²) in [6.07, 6.45) is 0.0972. The summed E-state index contributed by atoms with van der Waals surface area (Å²) in [4.78, 5) is 23.4. The van der Waals surface area contributed by atoms with Gasteiger partial charge < -0.3 is 26.0 Å². The van der Waals surface area contributed by atoms with Crippen LogP contribution in [0.15, 0.2) is 42.5 Å². The zero-order chi connectivity index (χ0) is 26.3. The number of anilines is 2. The first kappa shape index (κ1) is 26.9. The van der Waals surface area contributed by atoms with Crippen molar-refractivity contribution in [1.29, 1.82) is 0 Å². The first-order chi connectivity index (χ1) is 17.0. The maximum atomic E-state index is 12.8. The number of carbonyl (C=O) groups excluding carboxylic acids is 1. The third kappa shape index (κ3) is 7.66. The number of esters is 1. The van der Waals surface area contributed by atoms with Gasteiger partial charge in [-0.05, 0) is 73.1 Å². The van der Waals surface area contributed by atoms with E-state index in [9.17, 15) is 27.9 Å². The number of rotatable bonds is 9. The molecule has 0 aliphatic heterocycles. The Morgan fingerprint density at radius 3 is 2.33 bits per heavy atom. The van der Waals surface area contributed by atoms with Crippen LogP contribution in [-0.4, -0.2) is 36.4 Å². The first-order valence-corrected chi connectivity index (χ1v) is 11.6. The fourth-order valence-corrected chi connectivity index (χ4v) is 4.20. The van der Waals surface area contributed by atoms with Crippen LogP contribution in [0, 0.1) is 11.8 Å². The van der Waals surface area contributed by atoms with Crippen LogP contribution in [0.4, 0.5) is 24.5 Å². The van der Waals surface area contributed by atoms with Gasteiger partial charge in [-0.15, -0.1) is 0 Å². The Bertz CT molecular complexity index is 1090. The minimum Gasteiger partial charge on any atom is -0.493 e. The molecule has 0 bridgehead atoms. The molecule has 0 amide bonds. The average Bonchev–Trinajstić information content (AvgIpc) is 2.82. The molecule has 194 valence electrons. The molecule has 1 aliphatic carbocycles. The number of hydrogen-bond acceptors (Lipinski definition) is 6. The maximum absolute atomic E-state index is 12.8. The number of carboxylic acids is 1. The molecular formula is C26H29F3N2O5. The van der Waals surface area contributed by atoms with Crippen LogP contribution < -0.4 is 16.2 Å². The summed E-state index contributed by atoms with van der Waals surface area (Å²) in [6, 6.07) is 9.70. The van der Waals surface area contributed by atoms with E-state index in [2.05, 4.69) is 0 Å². The zero-order valence-corrected chi connectivity index (χ0v) is 19.6. The van der Waals surface area contributed by atoms with E-state index in [1.54, 1.807) is 30.3 Å². The highest BCUT2D eigenvalue weighted by molar-refractivity contribution is 5.92. The van der Waals surface area contributed by atoms with E-state index in [0.717, 1.165) is 5.56 Å². The molecule has 0 saturated heterocycles. The van der Waals surface area contributed by atoms with Crippen LogP contribution in [-0.2, 0) is 16.0 Å². The van der Waals surface area contributed by atoms with Crippen LogP contribution in [0.1, 0.15) is 47.2 Å². The quantitative estimate of drug-likeness (QED) is 0.246. The molecule has 5 N–H and O–H groups in total. The summed E-state index contributed by atoms with van der Waals surface area (Å²) >= 11 is 0. The summed E-state index contributed by atoms with van der Waals surface area (Å²) in [7, 11) is 0. The number of ether oxygens (including phenoxy) is 2. The van der Waals surface area contributed by atoms with E-state index < -0.39 is 24.0 Å². The third-order valence-electron chi connectivity index (χ3n) is 6.22. The molecule has 1 fully saturated rings. The van der Waals surface area contributed by atoms with Crippen LogP contribution >= 0.6 is 0 Å². The Hall–Kier alpha value is -3.69. The lowest BCUT2D eigenvalue weighted by Crippen LogP contribution is -2.29. The van der Waals surface area contributed by atoms with Gasteiger partial charge in [0, 0.05) is 23.9 Å². The second-order valence-electron chi connectivity index (χ2n) is 8.83. The molecule has 0 spiro atoms. The van der Waals surface area contributed by atoms with Gasteiger partial charge in [-0.1, -0.05) is 12.1 Å². The SMILES string of the molecule is Nc1cc(N)c(CCOC(=O)C=Cc2ccc(OCC3CCC(C(F)(F)F)CC3)cc2)c(C(=O)O)c1. The van der Waals surface area contributed by atoms with Crippen molar-refractivity contribution < 1.29 is 37.3 Å². The number of benzene rings is 2. The van der Waals surface area contributed by atoms with Gasteiger partial charge in [-0.2, -0.15) is 13.2 Å². The fraction of sp³-hybridized carbons (Fsp3) is 0.385. The first-order valence-electron chi connectivity index (χ1n) is 11.6. The van der Waals surface area contributed by atoms with Gasteiger partial charge in [-0.25, -0.2) is 9.59 Å². The summed E-state index contributed by atoms with van der Waals surface area (Å²) in [6.45, 7) is 0.309. The number of carbonyl (C=O) groups is 2. The lowest BCUT2D eigenvalue weighted by Gasteiger charge is -2.29. The van der Waals surface area contributed by atoms with E-state index >= 15 is 0 Å². The number of nitrogens with two attached hydrogens (primary N) is 2. The van der Waals surface area contributed by atoms with Crippen molar-refractivity contribution in [2.45, 2.75) is 38.3 Å². The number of carboxylic acid groups (broad SMARTS) is 1. The van der Waals surface area contributed by atoms with Gasteiger partial charge in [0.25, 0.3) is 0 Å². The lowest BCUT2D eigenvalue weighted by molar-refractivity contribution is -0.184. The van der Waals surface area contributed by atoms with Crippen molar-refractivity contribution in [2.75, 3.05) is 24.7 Å². The highest BCUT2D eigenvalue weighted by Gasteiger charge is 2.41. The summed E-state index contributed by atoms with van der Waals surface area (Å²) in [5.41, 5.74) is 13.0. The molecule has 3 rings (SSSR count). The Morgan fingerprint density at radius 2 is 1.72 bits per heavy atom. The molecule has 7 nitrogen and oxygen atoms in total. The number of halogens is 3. The molecule has 0 aromatic heterocycles. The second kappa shape index (κ2) is 11.8. The molecule has 1 saturated carbocycles. The van der Waals surface area contributed by atoms with Crippen molar-refractivity contribution in [3.8, 4) is 5.75 Å². The second-order valence-corrected chi connectivity index (χ2v) is 8.83. The van der Waals surface area contributed by atoms with Crippen molar-refractivity contribution in [3.63, 3.8) is 0 Å². The van der Waals surface area contributed by atoms with Gasteiger partial charge in [-0.3, -0.25) is 0 Å². The monoisotopic (exact) mass is 506 g/mol. The van der Waals surface area contributed by atoms with Crippen LogP contribution in [0.3, 0.4) is 0 Å². The zero-order valence-electron chi connectivity index (χ0n) is 19.6. The smallest absolute Gasteiger partial charge is 0.391 e. The minimum atomic E-state index is -4.11. The Balaban J connectivity index is 1.42. The van der Waals surface area contributed by atoms with Crippen LogP contribution in [0.25, 0.3) is 6.08 Å².